The van der Waals surface area contributed by atoms with E-state index in [4.69, 9.17) is 12.2 Å². The number of nitrogens with zero attached hydrogens (tertiary/aromatic N) is 4. The monoisotopic (exact) mass is 558 g/mol. The molecule has 0 bridgehead atoms. The number of aromatic nitrogens is 2. The first-order chi connectivity index (χ1) is 18.7. The fraction of sp³-hybridized carbons (Fsp3) is 0.393. The van der Waals surface area contributed by atoms with Crippen LogP contribution in [0.4, 0.5) is 35.0 Å². The molecule has 1 aliphatic heterocycles. The number of thiocarbonyl (C=S) groups is 1. The van der Waals surface area contributed by atoms with Crippen LogP contribution in [0.2, 0.25) is 0 Å². The number of hydrogen-bond acceptors (Lipinski definition) is 5. The Hall–Kier alpha value is -3.47. The SMILES string of the molecule is Fc1ccc(C2(CNC(=S)Nc3nc(N4CCN(c5ccccc5)CC4)cc(C(F)(F)F)n3)CCCC2)cc1. The number of anilines is 3. The van der Waals surface area contributed by atoms with Crippen LogP contribution in [0.3, 0.4) is 0 Å². The smallest absolute Gasteiger partial charge is 0.368 e. The third kappa shape index (κ3) is 6.41. The maximum atomic E-state index is 13.7. The highest BCUT2D eigenvalue weighted by Gasteiger charge is 2.36. The summed E-state index contributed by atoms with van der Waals surface area (Å²) >= 11 is 5.43. The van der Waals surface area contributed by atoms with Crippen LogP contribution in [0, 0.1) is 5.82 Å². The second-order valence-corrected chi connectivity index (χ2v) is 10.5. The third-order valence-electron chi connectivity index (χ3n) is 7.56. The molecule has 0 amide bonds. The molecule has 39 heavy (non-hydrogen) atoms. The van der Waals surface area contributed by atoms with Crippen molar-refractivity contribution in [2.45, 2.75) is 37.3 Å². The van der Waals surface area contributed by atoms with Crippen LogP contribution in [0.5, 0.6) is 0 Å². The molecule has 1 aromatic heterocycles. The first kappa shape index (κ1) is 27.1. The highest BCUT2D eigenvalue weighted by Crippen LogP contribution is 2.40. The summed E-state index contributed by atoms with van der Waals surface area (Å²) in [6.45, 7) is 2.82. The topological polar surface area (TPSA) is 56.3 Å². The summed E-state index contributed by atoms with van der Waals surface area (Å²) in [6, 6.07) is 17.4. The summed E-state index contributed by atoms with van der Waals surface area (Å²) in [7, 11) is 0. The summed E-state index contributed by atoms with van der Waals surface area (Å²) < 4.78 is 54.7. The van der Waals surface area contributed by atoms with Gasteiger partial charge in [0.25, 0.3) is 0 Å². The molecule has 0 atom stereocenters. The molecule has 2 heterocycles. The lowest BCUT2D eigenvalue weighted by Gasteiger charge is -2.37. The van der Waals surface area contributed by atoms with Crippen LogP contribution in [0.1, 0.15) is 36.9 Å². The second kappa shape index (κ2) is 11.3. The van der Waals surface area contributed by atoms with Crippen molar-refractivity contribution in [1.82, 2.24) is 15.3 Å². The Morgan fingerprint density at radius 2 is 1.54 bits per heavy atom. The van der Waals surface area contributed by atoms with E-state index >= 15 is 0 Å². The Morgan fingerprint density at radius 1 is 0.897 bits per heavy atom. The van der Waals surface area contributed by atoms with E-state index in [2.05, 4.69) is 25.5 Å². The van der Waals surface area contributed by atoms with Gasteiger partial charge >= 0.3 is 6.18 Å². The molecule has 206 valence electrons. The summed E-state index contributed by atoms with van der Waals surface area (Å²) in [5.74, 6) is -0.296. The van der Waals surface area contributed by atoms with Crippen molar-refractivity contribution in [3.05, 3.63) is 77.7 Å². The van der Waals surface area contributed by atoms with Gasteiger partial charge in [-0.05, 0) is 54.9 Å². The van der Waals surface area contributed by atoms with Gasteiger partial charge < -0.3 is 20.4 Å². The summed E-state index contributed by atoms with van der Waals surface area (Å²) in [6.07, 6.45) is -0.736. The van der Waals surface area contributed by atoms with E-state index < -0.39 is 11.9 Å². The average Bonchev–Trinajstić information content (AvgIpc) is 3.42. The lowest BCUT2D eigenvalue weighted by Crippen LogP contribution is -2.47. The molecule has 1 saturated heterocycles. The van der Waals surface area contributed by atoms with Gasteiger partial charge in [0.2, 0.25) is 5.95 Å². The van der Waals surface area contributed by atoms with E-state index in [1.807, 2.05) is 35.2 Å². The fourth-order valence-corrected chi connectivity index (χ4v) is 5.61. The predicted octanol–water partition coefficient (Wildman–Crippen LogP) is 5.76. The molecule has 2 N–H and O–H groups in total. The number of para-hydroxylation sites is 1. The Morgan fingerprint density at radius 3 is 2.18 bits per heavy atom. The summed E-state index contributed by atoms with van der Waals surface area (Å²) in [5, 5.41) is 6.07. The van der Waals surface area contributed by atoms with Gasteiger partial charge in [-0.1, -0.05) is 43.2 Å². The maximum absolute atomic E-state index is 13.7. The second-order valence-electron chi connectivity index (χ2n) is 10.0. The molecule has 0 spiro atoms. The van der Waals surface area contributed by atoms with Gasteiger partial charge in [0.1, 0.15) is 11.6 Å². The number of nitrogens with one attached hydrogen (secondary N) is 2. The van der Waals surface area contributed by atoms with Crippen LogP contribution in [0.15, 0.2) is 60.7 Å². The van der Waals surface area contributed by atoms with E-state index in [0.717, 1.165) is 43.0 Å². The van der Waals surface area contributed by atoms with Gasteiger partial charge in [0.15, 0.2) is 10.8 Å². The van der Waals surface area contributed by atoms with Gasteiger partial charge in [-0.25, -0.2) is 9.37 Å². The zero-order valence-electron chi connectivity index (χ0n) is 21.3. The van der Waals surface area contributed by atoms with Crippen LogP contribution >= 0.6 is 12.2 Å². The highest BCUT2D eigenvalue weighted by atomic mass is 32.1. The van der Waals surface area contributed by atoms with Crippen molar-refractivity contribution in [3.63, 3.8) is 0 Å². The fourth-order valence-electron chi connectivity index (χ4n) is 5.45. The van der Waals surface area contributed by atoms with Gasteiger partial charge in [-0.3, -0.25) is 0 Å². The first-order valence-electron chi connectivity index (χ1n) is 13.0. The highest BCUT2D eigenvalue weighted by molar-refractivity contribution is 7.80. The lowest BCUT2D eigenvalue weighted by atomic mass is 9.79. The Labute approximate surface area is 230 Å². The van der Waals surface area contributed by atoms with Crippen LogP contribution in [-0.2, 0) is 11.6 Å². The molecule has 3 aromatic rings. The minimum absolute atomic E-state index is 0.141. The Bertz CT molecular complexity index is 1270. The van der Waals surface area contributed by atoms with Gasteiger partial charge in [0.05, 0.1) is 0 Å². The van der Waals surface area contributed by atoms with Gasteiger partial charge in [0, 0.05) is 49.9 Å². The number of rotatable bonds is 6. The molecule has 1 aliphatic carbocycles. The molecule has 0 unspecified atom stereocenters. The molecular weight excluding hydrogens is 528 g/mol. The maximum Gasteiger partial charge on any atom is 0.433 e. The Kier molecular flexibility index (Phi) is 7.88. The van der Waals surface area contributed by atoms with Crippen molar-refractivity contribution < 1.29 is 17.6 Å². The molecule has 5 rings (SSSR count). The number of benzene rings is 2. The van der Waals surface area contributed by atoms with E-state index in [9.17, 15) is 17.6 Å². The molecule has 2 aliphatic rings. The van der Waals surface area contributed by atoms with E-state index in [1.165, 1.54) is 12.1 Å². The van der Waals surface area contributed by atoms with Crippen LogP contribution < -0.4 is 20.4 Å². The predicted molar refractivity (Wildman–Crippen MR) is 149 cm³/mol. The van der Waals surface area contributed by atoms with Crippen LogP contribution in [-0.4, -0.2) is 47.8 Å². The minimum atomic E-state index is -4.63. The van der Waals surface area contributed by atoms with E-state index in [1.54, 1.807) is 12.1 Å². The van der Waals surface area contributed by atoms with Crippen molar-refractivity contribution in [2.24, 2.45) is 0 Å². The molecule has 2 aromatic carbocycles. The van der Waals surface area contributed by atoms with E-state index in [-0.39, 0.29) is 28.1 Å². The zero-order chi connectivity index (χ0) is 27.5. The van der Waals surface area contributed by atoms with Gasteiger partial charge in [-0.2, -0.15) is 18.2 Å². The van der Waals surface area contributed by atoms with Crippen molar-refractivity contribution in [2.75, 3.05) is 47.8 Å². The van der Waals surface area contributed by atoms with Gasteiger partial charge in [-0.15, -0.1) is 0 Å². The zero-order valence-corrected chi connectivity index (χ0v) is 22.2. The van der Waals surface area contributed by atoms with Crippen LogP contribution in [0.25, 0.3) is 0 Å². The number of alkyl halides is 3. The normalized spacial score (nSPS) is 17.2. The standard InChI is InChI=1S/C28H30F4N6S/c29-21-10-8-20(9-11-21)27(12-4-5-13-27)19-33-26(39)36-25-34-23(28(30,31)32)18-24(35-25)38-16-14-37(15-17-38)22-6-2-1-3-7-22/h1-3,6-11,18H,4-5,12-17,19H2,(H2,33,34,35,36,39). The molecule has 1 saturated carbocycles. The molecular formula is C28H30F4N6S. The summed E-state index contributed by atoms with van der Waals surface area (Å²) in [5.41, 5.74) is 0.846. The van der Waals surface area contributed by atoms with Crippen molar-refractivity contribution in [3.8, 4) is 0 Å². The molecule has 11 heteroatoms. The number of hydrogen-bond donors (Lipinski definition) is 2. The van der Waals surface area contributed by atoms with Crippen molar-refractivity contribution >= 4 is 34.8 Å². The number of piperazine rings is 1. The summed E-state index contributed by atoms with van der Waals surface area (Å²) in [4.78, 5) is 12.1. The largest absolute Gasteiger partial charge is 0.433 e. The molecule has 6 nitrogen and oxygen atoms in total. The lowest BCUT2D eigenvalue weighted by molar-refractivity contribution is -0.141. The average molecular weight is 559 g/mol. The molecule has 2 fully saturated rings. The van der Waals surface area contributed by atoms with E-state index in [0.29, 0.717) is 32.7 Å². The third-order valence-corrected chi connectivity index (χ3v) is 7.80. The number of halogens is 4. The van der Waals surface area contributed by atoms with Crippen molar-refractivity contribution in [1.29, 1.82) is 0 Å². The minimum Gasteiger partial charge on any atom is -0.368 e. The quantitative estimate of drug-likeness (QED) is 0.295. The Balaban J connectivity index is 1.28. The first-order valence-corrected chi connectivity index (χ1v) is 13.4. The molecule has 0 radical (unpaired) electrons.